The monoisotopic (exact) mass is 376 g/mol. The van der Waals surface area contributed by atoms with Crippen LogP contribution in [0.3, 0.4) is 0 Å². The van der Waals surface area contributed by atoms with Gasteiger partial charge in [-0.25, -0.2) is 0 Å². The van der Waals surface area contributed by atoms with Gasteiger partial charge in [-0.3, -0.25) is 10.1 Å². The Labute approximate surface area is 146 Å². The molecule has 2 N–H and O–H groups in total. The number of H-pyrrole nitrogens is 1. The van der Waals surface area contributed by atoms with Crippen molar-refractivity contribution in [3.05, 3.63) is 39.6 Å². The van der Waals surface area contributed by atoms with Gasteiger partial charge in [0, 0.05) is 28.4 Å². The Morgan fingerprint density at radius 3 is 2.56 bits per heavy atom. The van der Waals surface area contributed by atoms with Crippen LogP contribution in [-0.4, -0.2) is 26.5 Å². The first-order chi connectivity index (χ1) is 11.6. The zero-order valence-electron chi connectivity index (χ0n) is 13.8. The number of fused-ring (bicyclic) bond motifs is 1. The number of alkyl halides is 3. The Hall–Kier alpha value is -1.74. The lowest BCUT2D eigenvalue weighted by Gasteiger charge is -2.21. The van der Waals surface area contributed by atoms with Gasteiger partial charge in [-0.05, 0) is 31.2 Å². The van der Waals surface area contributed by atoms with Crippen molar-refractivity contribution in [2.24, 2.45) is 0 Å². The molecule has 0 spiro atoms. The minimum Gasteiger partial charge on any atom is -0.383 e. The molecule has 0 saturated carbocycles. The average Bonchev–Trinajstić information content (AvgIpc) is 2.93. The fourth-order valence-electron chi connectivity index (χ4n) is 2.43. The molecule has 1 aromatic heterocycles. The number of hydrogen-bond acceptors (Lipinski definition) is 4. The van der Waals surface area contributed by atoms with Crippen molar-refractivity contribution in [1.82, 2.24) is 4.98 Å². The molecule has 5 nitrogen and oxygen atoms in total. The molecule has 0 fully saturated rings. The fourth-order valence-corrected chi connectivity index (χ4v) is 3.62. The van der Waals surface area contributed by atoms with Crippen molar-refractivity contribution in [3.63, 3.8) is 0 Å². The molecule has 2 aromatic rings. The van der Waals surface area contributed by atoms with Crippen LogP contribution in [0, 0.1) is 10.1 Å². The van der Waals surface area contributed by atoms with E-state index < -0.39 is 28.0 Å². The number of aromatic amines is 1. The third-order valence-corrected chi connectivity index (χ3v) is 5.19. The molecule has 0 saturated heterocycles. The van der Waals surface area contributed by atoms with Crippen LogP contribution in [0.4, 0.5) is 18.9 Å². The molecular weight excluding hydrogens is 357 g/mol. The molecule has 25 heavy (non-hydrogen) atoms. The van der Waals surface area contributed by atoms with E-state index in [1.54, 1.807) is 18.7 Å². The van der Waals surface area contributed by atoms with E-state index in [1.807, 2.05) is 0 Å². The van der Waals surface area contributed by atoms with Gasteiger partial charge < -0.3 is 10.1 Å². The number of hydrogen-bond donors (Lipinski definition) is 2. The highest BCUT2D eigenvalue weighted by Crippen LogP contribution is 2.39. The molecule has 0 aliphatic carbocycles. The topological polar surface area (TPSA) is 79.2 Å². The lowest BCUT2D eigenvalue weighted by Crippen LogP contribution is -2.25. The van der Waals surface area contributed by atoms with Crippen LogP contribution in [0.2, 0.25) is 0 Å². The minimum atomic E-state index is -4.83. The SMILES string of the molecule is CCCCSC[C@@](C)(O)c1cc2cc([N+](=O)[O-])c(C(F)(F)F)cc2[nH]1. The average molecular weight is 376 g/mol. The second-order valence-electron chi connectivity index (χ2n) is 6.07. The number of nitro groups is 1. The van der Waals surface area contributed by atoms with Crippen molar-refractivity contribution in [1.29, 1.82) is 0 Å². The number of thioether (sulfide) groups is 1. The number of benzene rings is 1. The van der Waals surface area contributed by atoms with Crippen molar-refractivity contribution in [3.8, 4) is 0 Å². The summed E-state index contributed by atoms with van der Waals surface area (Å²) in [6, 6.07) is 3.07. The summed E-state index contributed by atoms with van der Waals surface area (Å²) in [5.74, 6) is 1.24. The Kier molecular flexibility index (Phi) is 5.68. The van der Waals surface area contributed by atoms with Crippen LogP contribution < -0.4 is 0 Å². The summed E-state index contributed by atoms with van der Waals surface area (Å²) in [4.78, 5) is 12.7. The van der Waals surface area contributed by atoms with Crippen LogP contribution >= 0.6 is 11.8 Å². The fraction of sp³-hybridized carbons (Fsp3) is 0.500. The number of halogens is 3. The van der Waals surface area contributed by atoms with Gasteiger partial charge in [-0.1, -0.05) is 13.3 Å². The van der Waals surface area contributed by atoms with Crippen molar-refractivity contribution in [2.75, 3.05) is 11.5 Å². The molecule has 1 heterocycles. The molecule has 0 unspecified atom stereocenters. The summed E-state index contributed by atoms with van der Waals surface area (Å²) in [6.45, 7) is 3.62. The van der Waals surface area contributed by atoms with Gasteiger partial charge in [-0.15, -0.1) is 0 Å². The lowest BCUT2D eigenvalue weighted by atomic mass is 10.1. The van der Waals surface area contributed by atoms with E-state index in [2.05, 4.69) is 11.9 Å². The second-order valence-corrected chi connectivity index (χ2v) is 7.18. The number of aromatic nitrogens is 1. The summed E-state index contributed by atoms with van der Waals surface area (Å²) >= 11 is 1.55. The van der Waals surface area contributed by atoms with E-state index >= 15 is 0 Å². The lowest BCUT2D eigenvalue weighted by molar-refractivity contribution is -0.387. The normalized spacial score (nSPS) is 14.6. The summed E-state index contributed by atoms with van der Waals surface area (Å²) < 4.78 is 39.1. The minimum absolute atomic E-state index is 0.103. The maximum Gasteiger partial charge on any atom is 0.423 e. The molecule has 138 valence electrons. The quantitative estimate of drug-likeness (QED) is 0.412. The van der Waals surface area contributed by atoms with Crippen LogP contribution in [0.5, 0.6) is 0 Å². The van der Waals surface area contributed by atoms with Crippen LogP contribution in [0.25, 0.3) is 10.9 Å². The number of nitrogens with one attached hydrogen (secondary N) is 1. The molecule has 0 bridgehead atoms. The van der Waals surface area contributed by atoms with Gasteiger partial charge >= 0.3 is 6.18 Å². The van der Waals surface area contributed by atoms with Crippen LogP contribution in [0.15, 0.2) is 18.2 Å². The first kappa shape index (κ1) is 19.6. The molecule has 0 radical (unpaired) electrons. The third-order valence-electron chi connectivity index (χ3n) is 3.84. The van der Waals surface area contributed by atoms with E-state index in [4.69, 9.17) is 0 Å². The Morgan fingerprint density at radius 1 is 1.32 bits per heavy atom. The summed E-state index contributed by atoms with van der Waals surface area (Å²) in [6.07, 6.45) is -2.79. The predicted octanol–water partition coefficient (Wildman–Crippen LogP) is 4.84. The first-order valence-corrected chi connectivity index (χ1v) is 8.90. The van der Waals surface area contributed by atoms with Gasteiger partial charge in [0.05, 0.1) is 4.92 Å². The van der Waals surface area contributed by atoms with E-state index in [0.29, 0.717) is 11.4 Å². The van der Waals surface area contributed by atoms with Crippen molar-refractivity contribution < 1.29 is 23.2 Å². The van der Waals surface area contributed by atoms with Crippen LogP contribution in [-0.2, 0) is 11.8 Å². The molecule has 0 aliphatic rings. The van der Waals surface area contributed by atoms with E-state index in [9.17, 15) is 28.4 Å². The number of nitro benzene ring substituents is 1. The second kappa shape index (κ2) is 7.25. The Morgan fingerprint density at radius 2 is 2.00 bits per heavy atom. The van der Waals surface area contributed by atoms with Gasteiger partial charge in [0.25, 0.3) is 5.69 Å². The summed E-state index contributed by atoms with van der Waals surface area (Å²) in [5.41, 5.74) is -3.14. The molecule has 0 aliphatic heterocycles. The van der Waals surface area contributed by atoms with Gasteiger partial charge in [0.1, 0.15) is 11.2 Å². The zero-order chi connectivity index (χ0) is 18.8. The summed E-state index contributed by atoms with van der Waals surface area (Å²) in [7, 11) is 0. The molecular formula is C16H19F3N2O3S. The van der Waals surface area contributed by atoms with Gasteiger partial charge in [0.2, 0.25) is 0 Å². The van der Waals surface area contributed by atoms with Crippen molar-refractivity contribution >= 4 is 28.4 Å². The first-order valence-electron chi connectivity index (χ1n) is 7.75. The van der Waals surface area contributed by atoms with E-state index in [1.165, 1.54) is 6.07 Å². The zero-order valence-corrected chi connectivity index (χ0v) is 14.6. The molecule has 1 aromatic carbocycles. The standard InChI is InChI=1S/C16H19F3N2O3S/c1-3-4-5-25-9-15(2,22)14-7-10-6-13(21(23)24)11(16(17,18)19)8-12(10)20-14/h6-8,20,22H,3-5,9H2,1-2H3/t15-/m1/s1. The molecule has 2 rings (SSSR count). The predicted molar refractivity (Wildman–Crippen MR) is 91.8 cm³/mol. The molecule has 0 amide bonds. The number of rotatable bonds is 7. The number of unbranched alkanes of at least 4 members (excludes halogenated alkanes) is 1. The van der Waals surface area contributed by atoms with Gasteiger partial charge in [0.15, 0.2) is 0 Å². The Balaban J connectivity index is 2.40. The highest BCUT2D eigenvalue weighted by molar-refractivity contribution is 7.99. The highest BCUT2D eigenvalue weighted by Gasteiger charge is 2.39. The van der Waals surface area contributed by atoms with Crippen LogP contribution in [0.1, 0.15) is 37.9 Å². The van der Waals surface area contributed by atoms with Crippen molar-refractivity contribution in [2.45, 2.75) is 38.5 Å². The largest absolute Gasteiger partial charge is 0.423 e. The van der Waals surface area contributed by atoms with E-state index in [-0.39, 0.29) is 10.9 Å². The maximum absolute atomic E-state index is 13.0. The maximum atomic E-state index is 13.0. The molecule has 9 heteroatoms. The summed E-state index contributed by atoms with van der Waals surface area (Å²) in [5, 5.41) is 21.8. The smallest absolute Gasteiger partial charge is 0.383 e. The Bertz CT molecular complexity index is 772. The molecule has 1 atom stereocenters. The number of nitrogens with zero attached hydrogens (tertiary/aromatic N) is 1. The van der Waals surface area contributed by atoms with E-state index in [0.717, 1.165) is 30.7 Å². The third kappa shape index (κ3) is 4.46. The highest BCUT2D eigenvalue weighted by atomic mass is 32.2. The number of aliphatic hydroxyl groups is 1. The van der Waals surface area contributed by atoms with Gasteiger partial charge in [-0.2, -0.15) is 24.9 Å².